The van der Waals surface area contributed by atoms with E-state index in [1.165, 1.54) is 12.1 Å². The number of hydrogen-bond donors (Lipinski definition) is 2. The summed E-state index contributed by atoms with van der Waals surface area (Å²) in [5, 5.41) is 15.6. The molecule has 9 nitrogen and oxygen atoms in total. The lowest BCUT2D eigenvalue weighted by Gasteiger charge is -2.26. The second-order valence-corrected chi connectivity index (χ2v) is 5.85. The van der Waals surface area contributed by atoms with Crippen LogP contribution < -0.4 is 10.6 Å². The molecule has 0 aliphatic carbocycles. The van der Waals surface area contributed by atoms with Gasteiger partial charge >= 0.3 is 11.8 Å². The van der Waals surface area contributed by atoms with Crippen LogP contribution in [0, 0.1) is 10.1 Å². The van der Waals surface area contributed by atoms with E-state index in [0.29, 0.717) is 26.2 Å². The fourth-order valence-corrected chi connectivity index (χ4v) is 2.51. The summed E-state index contributed by atoms with van der Waals surface area (Å²) < 4.78 is 5.25. The molecule has 10 heteroatoms. The van der Waals surface area contributed by atoms with Crippen molar-refractivity contribution in [3.05, 3.63) is 33.3 Å². The van der Waals surface area contributed by atoms with Gasteiger partial charge in [-0.25, -0.2) is 0 Å². The number of nitro benzene ring substituents is 1. The van der Waals surface area contributed by atoms with Crippen molar-refractivity contribution in [2.24, 2.45) is 0 Å². The highest BCUT2D eigenvalue weighted by molar-refractivity contribution is 6.39. The number of carbonyl (C=O) groups is 2. The summed E-state index contributed by atoms with van der Waals surface area (Å²) in [6.07, 6.45) is 0.714. The van der Waals surface area contributed by atoms with Crippen molar-refractivity contribution in [2.75, 3.05) is 44.7 Å². The number of morpholine rings is 1. The van der Waals surface area contributed by atoms with E-state index >= 15 is 0 Å². The molecule has 0 bridgehead atoms. The number of nitrogens with zero attached hydrogens (tertiary/aromatic N) is 2. The van der Waals surface area contributed by atoms with Crippen LogP contribution >= 0.6 is 11.6 Å². The van der Waals surface area contributed by atoms with E-state index in [-0.39, 0.29) is 16.4 Å². The number of anilines is 1. The minimum atomic E-state index is -0.886. The van der Waals surface area contributed by atoms with Gasteiger partial charge in [0.05, 0.1) is 18.1 Å². The first kappa shape index (κ1) is 19.1. The predicted octanol–water partition coefficient (Wildman–Crippen LogP) is 1.03. The van der Waals surface area contributed by atoms with Gasteiger partial charge in [-0.2, -0.15) is 0 Å². The van der Waals surface area contributed by atoms with E-state index in [1.54, 1.807) is 0 Å². The third-order valence-corrected chi connectivity index (χ3v) is 3.97. The topological polar surface area (TPSA) is 114 Å². The number of nitrogens with one attached hydrogen (secondary N) is 2. The quantitative estimate of drug-likeness (QED) is 0.334. The van der Waals surface area contributed by atoms with Crippen LogP contribution in [0.25, 0.3) is 0 Å². The number of amides is 2. The number of halogens is 1. The Labute approximate surface area is 149 Å². The highest BCUT2D eigenvalue weighted by Gasteiger charge is 2.17. The normalized spacial score (nSPS) is 14.8. The number of ether oxygens (including phenoxy) is 1. The molecule has 25 heavy (non-hydrogen) atoms. The van der Waals surface area contributed by atoms with Gasteiger partial charge in [0.25, 0.3) is 5.69 Å². The monoisotopic (exact) mass is 370 g/mol. The summed E-state index contributed by atoms with van der Waals surface area (Å²) in [5.41, 5.74) is -0.213. The van der Waals surface area contributed by atoms with Crippen LogP contribution in [0.3, 0.4) is 0 Å². The molecule has 2 N–H and O–H groups in total. The van der Waals surface area contributed by atoms with Crippen molar-refractivity contribution in [3.8, 4) is 0 Å². The molecular weight excluding hydrogens is 352 g/mol. The Morgan fingerprint density at radius 1 is 1.28 bits per heavy atom. The number of hydrogen-bond acceptors (Lipinski definition) is 6. The SMILES string of the molecule is O=C(NCCCN1CCOCC1)C(=O)Nc1ccc(Cl)c([N+](=O)[O-])c1. The van der Waals surface area contributed by atoms with Crippen molar-refractivity contribution >= 4 is 34.8 Å². The zero-order chi connectivity index (χ0) is 18.2. The Bertz CT molecular complexity index is 649. The van der Waals surface area contributed by atoms with E-state index < -0.39 is 16.7 Å². The third-order valence-electron chi connectivity index (χ3n) is 3.65. The second kappa shape index (κ2) is 9.30. The lowest BCUT2D eigenvalue weighted by Crippen LogP contribution is -2.39. The number of carbonyl (C=O) groups excluding carboxylic acids is 2. The van der Waals surface area contributed by atoms with Crippen molar-refractivity contribution in [2.45, 2.75) is 6.42 Å². The van der Waals surface area contributed by atoms with Gasteiger partial charge < -0.3 is 15.4 Å². The Balaban J connectivity index is 1.75. The Kier molecular flexibility index (Phi) is 7.11. The van der Waals surface area contributed by atoms with E-state index in [4.69, 9.17) is 16.3 Å². The Morgan fingerprint density at radius 3 is 2.68 bits per heavy atom. The van der Waals surface area contributed by atoms with E-state index in [0.717, 1.165) is 25.7 Å². The van der Waals surface area contributed by atoms with Crippen molar-refractivity contribution < 1.29 is 19.2 Å². The molecule has 1 heterocycles. The molecule has 0 radical (unpaired) electrons. The van der Waals surface area contributed by atoms with Gasteiger partial charge in [0.2, 0.25) is 0 Å². The fraction of sp³-hybridized carbons (Fsp3) is 0.467. The predicted molar refractivity (Wildman–Crippen MR) is 91.6 cm³/mol. The molecule has 0 atom stereocenters. The second-order valence-electron chi connectivity index (χ2n) is 5.44. The van der Waals surface area contributed by atoms with Crippen molar-refractivity contribution in [1.82, 2.24) is 10.2 Å². The van der Waals surface area contributed by atoms with Gasteiger partial charge in [0, 0.05) is 31.4 Å². The van der Waals surface area contributed by atoms with Crippen molar-refractivity contribution in [3.63, 3.8) is 0 Å². The van der Waals surface area contributed by atoms with Crippen LogP contribution in [0.15, 0.2) is 18.2 Å². The minimum absolute atomic E-state index is 0.0458. The van der Waals surface area contributed by atoms with Gasteiger partial charge in [-0.1, -0.05) is 11.6 Å². The molecule has 0 spiro atoms. The summed E-state index contributed by atoms with van der Waals surface area (Å²) in [6, 6.07) is 3.78. The maximum Gasteiger partial charge on any atom is 0.313 e. The van der Waals surface area contributed by atoms with Gasteiger partial charge in [-0.15, -0.1) is 0 Å². The molecule has 0 aromatic heterocycles. The molecule has 1 fully saturated rings. The van der Waals surface area contributed by atoms with Gasteiger partial charge in [0.1, 0.15) is 5.02 Å². The largest absolute Gasteiger partial charge is 0.379 e. The molecule has 1 aliphatic rings. The molecule has 1 aliphatic heterocycles. The smallest absolute Gasteiger partial charge is 0.313 e. The maximum absolute atomic E-state index is 11.8. The Hall–Kier alpha value is -2.23. The summed E-state index contributed by atoms with van der Waals surface area (Å²) >= 11 is 5.69. The van der Waals surface area contributed by atoms with Crippen LogP contribution in [0.5, 0.6) is 0 Å². The molecule has 136 valence electrons. The van der Waals surface area contributed by atoms with Crippen LogP contribution in [0.4, 0.5) is 11.4 Å². The average Bonchev–Trinajstić information content (AvgIpc) is 2.60. The van der Waals surface area contributed by atoms with Gasteiger partial charge in [-0.05, 0) is 25.1 Å². The highest BCUT2D eigenvalue weighted by Crippen LogP contribution is 2.27. The summed E-state index contributed by atoms with van der Waals surface area (Å²) in [7, 11) is 0. The van der Waals surface area contributed by atoms with E-state index in [2.05, 4.69) is 15.5 Å². The standard InChI is InChI=1S/C15H19ClN4O5/c16-12-3-2-11(10-13(12)20(23)24)18-15(22)14(21)17-4-1-5-19-6-8-25-9-7-19/h2-3,10H,1,4-9H2,(H,17,21)(H,18,22). The first-order valence-corrected chi connectivity index (χ1v) is 8.18. The lowest BCUT2D eigenvalue weighted by atomic mass is 10.2. The van der Waals surface area contributed by atoms with Crippen molar-refractivity contribution in [1.29, 1.82) is 0 Å². The molecule has 1 aromatic rings. The zero-order valence-corrected chi connectivity index (χ0v) is 14.3. The first-order valence-electron chi connectivity index (χ1n) is 7.80. The number of rotatable bonds is 6. The van der Waals surface area contributed by atoms with Gasteiger partial charge in [-0.3, -0.25) is 24.6 Å². The third kappa shape index (κ3) is 5.96. The molecule has 1 aromatic carbocycles. The highest BCUT2D eigenvalue weighted by atomic mass is 35.5. The molecule has 0 saturated carbocycles. The van der Waals surface area contributed by atoms with Gasteiger partial charge in [0.15, 0.2) is 0 Å². The van der Waals surface area contributed by atoms with Crippen LogP contribution in [-0.2, 0) is 14.3 Å². The lowest BCUT2D eigenvalue weighted by molar-refractivity contribution is -0.384. The van der Waals surface area contributed by atoms with Crippen LogP contribution in [0.2, 0.25) is 5.02 Å². The Morgan fingerprint density at radius 2 is 2.00 bits per heavy atom. The summed E-state index contributed by atoms with van der Waals surface area (Å²) in [5.74, 6) is -1.68. The van der Waals surface area contributed by atoms with E-state index in [9.17, 15) is 19.7 Å². The fourth-order valence-electron chi connectivity index (χ4n) is 2.33. The number of nitro groups is 1. The minimum Gasteiger partial charge on any atom is -0.379 e. The maximum atomic E-state index is 11.8. The molecule has 2 rings (SSSR count). The molecule has 0 unspecified atom stereocenters. The molecule has 1 saturated heterocycles. The zero-order valence-electron chi connectivity index (χ0n) is 13.5. The van der Waals surface area contributed by atoms with Crippen LogP contribution in [-0.4, -0.2) is 61.0 Å². The average molecular weight is 371 g/mol. The summed E-state index contributed by atoms with van der Waals surface area (Å²) in [4.78, 5) is 36.0. The summed E-state index contributed by atoms with van der Waals surface area (Å²) in [6.45, 7) is 4.33. The molecular formula is C15H19ClN4O5. The molecule has 2 amide bonds. The number of benzene rings is 1. The first-order chi connectivity index (χ1) is 12.0. The van der Waals surface area contributed by atoms with E-state index in [1.807, 2.05) is 0 Å². The van der Waals surface area contributed by atoms with Crippen LogP contribution in [0.1, 0.15) is 6.42 Å².